The quantitative estimate of drug-likeness (QED) is 0.535. The summed E-state index contributed by atoms with van der Waals surface area (Å²) in [6, 6.07) is 5.77. The molecule has 26 heavy (non-hydrogen) atoms. The molecule has 0 amide bonds. The normalized spacial score (nSPS) is 15.2. The van der Waals surface area contributed by atoms with Crippen LogP contribution in [0.2, 0.25) is 5.02 Å². The van der Waals surface area contributed by atoms with Crippen LogP contribution >= 0.6 is 22.9 Å². The molecule has 0 radical (unpaired) electrons. The van der Waals surface area contributed by atoms with Gasteiger partial charge in [0.1, 0.15) is 12.2 Å². The molecule has 1 unspecified atom stereocenters. The van der Waals surface area contributed by atoms with Gasteiger partial charge < -0.3 is 0 Å². The molecule has 1 atom stereocenters. The second kappa shape index (κ2) is 7.29. The predicted octanol–water partition coefficient (Wildman–Crippen LogP) is 5.02. The van der Waals surface area contributed by atoms with E-state index in [0.29, 0.717) is 29.3 Å². The minimum atomic E-state index is 0.104. The third-order valence-corrected chi connectivity index (χ3v) is 5.68. The van der Waals surface area contributed by atoms with E-state index in [1.807, 2.05) is 17.5 Å². The average molecular weight is 387 g/mol. The highest BCUT2D eigenvalue weighted by molar-refractivity contribution is 7.12. The number of benzene rings is 1. The van der Waals surface area contributed by atoms with E-state index >= 15 is 0 Å². The van der Waals surface area contributed by atoms with Crippen LogP contribution in [0.4, 0.5) is 0 Å². The molecular formula is C19H19ClN4OS. The van der Waals surface area contributed by atoms with Crippen LogP contribution in [0, 0.1) is 0 Å². The smallest absolute Gasteiger partial charge is 0.212 e. The third-order valence-electron chi connectivity index (χ3n) is 4.71. The largest absolute Gasteiger partial charge is 0.294 e. The molecule has 0 bridgehead atoms. The van der Waals surface area contributed by atoms with E-state index in [1.165, 1.54) is 36.1 Å². The summed E-state index contributed by atoms with van der Waals surface area (Å²) in [5.74, 6) is 1.64. The highest BCUT2D eigenvalue weighted by Crippen LogP contribution is 2.41. The van der Waals surface area contributed by atoms with Gasteiger partial charge in [-0.2, -0.15) is 9.78 Å². The van der Waals surface area contributed by atoms with Gasteiger partial charge in [-0.15, -0.1) is 11.3 Å². The number of hydrogen-bond acceptors (Lipinski definition) is 5. The Morgan fingerprint density at radius 1 is 1.35 bits per heavy atom. The molecule has 0 saturated heterocycles. The fraction of sp³-hybridized carbons (Fsp3) is 0.368. The average Bonchev–Trinajstić information content (AvgIpc) is 3.13. The molecule has 1 aliphatic rings. The van der Waals surface area contributed by atoms with Gasteiger partial charge in [-0.3, -0.25) is 4.79 Å². The summed E-state index contributed by atoms with van der Waals surface area (Å²) in [4.78, 5) is 21.3. The van der Waals surface area contributed by atoms with Crippen molar-refractivity contribution >= 4 is 28.7 Å². The van der Waals surface area contributed by atoms with Crippen LogP contribution < -0.4 is 0 Å². The Labute approximate surface area is 161 Å². The van der Waals surface area contributed by atoms with Crippen molar-refractivity contribution in [2.45, 2.75) is 44.4 Å². The van der Waals surface area contributed by atoms with Crippen molar-refractivity contribution in [3.63, 3.8) is 0 Å². The molecule has 1 saturated carbocycles. The molecule has 3 aromatic rings. The van der Waals surface area contributed by atoms with E-state index in [9.17, 15) is 4.79 Å². The first kappa shape index (κ1) is 17.4. The topological polar surface area (TPSA) is 60.7 Å². The lowest BCUT2D eigenvalue weighted by atomic mass is 9.97. The first-order valence-electron chi connectivity index (χ1n) is 8.75. The van der Waals surface area contributed by atoms with E-state index in [-0.39, 0.29) is 11.7 Å². The van der Waals surface area contributed by atoms with Crippen LogP contribution in [0.1, 0.15) is 66.2 Å². The number of carbonyl (C=O) groups excluding carboxylic acids is 1. The lowest BCUT2D eigenvalue weighted by Gasteiger charge is -2.11. The SMILES string of the molecule is CC(CCC(=O)c1cc(Cl)cc(C2CC2)c1)c1ncnn1-c1nccs1. The second-order valence-electron chi connectivity index (χ2n) is 6.76. The van der Waals surface area contributed by atoms with Gasteiger partial charge >= 0.3 is 0 Å². The van der Waals surface area contributed by atoms with Crippen LogP contribution in [-0.2, 0) is 0 Å². The molecule has 0 aliphatic heterocycles. The van der Waals surface area contributed by atoms with E-state index in [2.05, 4.69) is 22.0 Å². The van der Waals surface area contributed by atoms with E-state index < -0.39 is 0 Å². The molecule has 7 heteroatoms. The number of rotatable bonds is 7. The lowest BCUT2D eigenvalue weighted by Crippen LogP contribution is -2.09. The summed E-state index contributed by atoms with van der Waals surface area (Å²) in [6.07, 6.45) is 6.82. The molecule has 0 N–H and O–H groups in total. The van der Waals surface area contributed by atoms with Crippen LogP contribution in [-0.4, -0.2) is 25.5 Å². The van der Waals surface area contributed by atoms with Crippen molar-refractivity contribution in [2.75, 3.05) is 0 Å². The third kappa shape index (κ3) is 3.71. The minimum absolute atomic E-state index is 0.104. The Bertz CT molecular complexity index is 918. The summed E-state index contributed by atoms with van der Waals surface area (Å²) < 4.78 is 1.75. The zero-order chi connectivity index (χ0) is 18.1. The monoisotopic (exact) mass is 386 g/mol. The second-order valence-corrected chi connectivity index (χ2v) is 8.06. The maximum Gasteiger partial charge on any atom is 0.212 e. The molecule has 2 heterocycles. The van der Waals surface area contributed by atoms with Crippen molar-refractivity contribution in [2.24, 2.45) is 0 Å². The molecule has 5 nitrogen and oxygen atoms in total. The summed E-state index contributed by atoms with van der Waals surface area (Å²) in [5.41, 5.74) is 1.91. The molecule has 4 rings (SSSR count). The number of ketones is 1. The van der Waals surface area contributed by atoms with Crippen LogP contribution in [0.5, 0.6) is 0 Å². The van der Waals surface area contributed by atoms with Gasteiger partial charge in [-0.25, -0.2) is 9.97 Å². The molecule has 1 fully saturated rings. The van der Waals surface area contributed by atoms with Crippen molar-refractivity contribution in [1.29, 1.82) is 0 Å². The number of halogens is 1. The van der Waals surface area contributed by atoms with Crippen LogP contribution in [0.25, 0.3) is 5.13 Å². The Morgan fingerprint density at radius 2 is 2.19 bits per heavy atom. The molecule has 1 aliphatic carbocycles. The first-order valence-corrected chi connectivity index (χ1v) is 10.0. The lowest BCUT2D eigenvalue weighted by molar-refractivity contribution is 0.0977. The highest BCUT2D eigenvalue weighted by Gasteiger charge is 2.25. The summed E-state index contributed by atoms with van der Waals surface area (Å²) in [6.45, 7) is 2.06. The summed E-state index contributed by atoms with van der Waals surface area (Å²) in [5, 5.41) is 7.61. The number of hydrogen-bond donors (Lipinski definition) is 0. The number of aromatic nitrogens is 4. The number of thiazole rings is 1. The highest BCUT2D eigenvalue weighted by atomic mass is 35.5. The van der Waals surface area contributed by atoms with E-state index in [1.54, 1.807) is 16.9 Å². The number of nitrogens with zero attached hydrogens (tertiary/aromatic N) is 4. The van der Waals surface area contributed by atoms with Gasteiger partial charge in [0.15, 0.2) is 5.78 Å². The molecule has 1 aromatic carbocycles. The fourth-order valence-electron chi connectivity index (χ4n) is 3.10. The zero-order valence-corrected chi connectivity index (χ0v) is 16.0. The van der Waals surface area contributed by atoms with Gasteiger partial charge in [-0.1, -0.05) is 18.5 Å². The van der Waals surface area contributed by atoms with E-state index in [0.717, 1.165) is 11.0 Å². The van der Waals surface area contributed by atoms with Gasteiger partial charge in [0.2, 0.25) is 5.13 Å². The Balaban J connectivity index is 1.44. The Hall–Kier alpha value is -2.05. The standard InChI is InChI=1S/C19H19ClN4OS/c1-12(18-22-11-23-24(18)19-21-6-7-26-19)2-5-17(25)15-8-14(13-3-4-13)9-16(20)10-15/h6-13H,2-5H2,1H3. The number of carbonyl (C=O) groups is 1. The van der Waals surface area contributed by atoms with Crippen LogP contribution in [0.15, 0.2) is 36.1 Å². The van der Waals surface area contributed by atoms with Gasteiger partial charge in [0, 0.05) is 34.5 Å². The maximum absolute atomic E-state index is 12.7. The molecule has 134 valence electrons. The van der Waals surface area contributed by atoms with E-state index in [4.69, 9.17) is 11.6 Å². The Morgan fingerprint density at radius 3 is 2.92 bits per heavy atom. The first-order chi connectivity index (χ1) is 12.6. The minimum Gasteiger partial charge on any atom is -0.294 e. The van der Waals surface area contributed by atoms with Gasteiger partial charge in [0.25, 0.3) is 0 Å². The van der Waals surface area contributed by atoms with Crippen LogP contribution in [0.3, 0.4) is 0 Å². The Kier molecular flexibility index (Phi) is 4.87. The van der Waals surface area contributed by atoms with Crippen molar-refractivity contribution in [3.05, 3.63) is 58.1 Å². The van der Waals surface area contributed by atoms with Gasteiger partial charge in [0.05, 0.1) is 0 Å². The molecule has 2 aromatic heterocycles. The van der Waals surface area contributed by atoms with Crippen molar-refractivity contribution < 1.29 is 4.79 Å². The summed E-state index contributed by atoms with van der Waals surface area (Å²) >= 11 is 7.72. The van der Waals surface area contributed by atoms with Gasteiger partial charge in [-0.05, 0) is 48.9 Å². The van der Waals surface area contributed by atoms with Crippen molar-refractivity contribution in [3.8, 4) is 5.13 Å². The number of Topliss-reactive ketones (excluding diaryl/α,β-unsaturated/α-hetero) is 1. The molecule has 0 spiro atoms. The summed E-state index contributed by atoms with van der Waals surface area (Å²) in [7, 11) is 0. The fourth-order valence-corrected chi connectivity index (χ4v) is 3.95. The molecular weight excluding hydrogens is 368 g/mol. The predicted molar refractivity (Wildman–Crippen MR) is 102 cm³/mol. The van der Waals surface area contributed by atoms with Crippen molar-refractivity contribution in [1.82, 2.24) is 19.7 Å². The zero-order valence-electron chi connectivity index (χ0n) is 14.4. The maximum atomic E-state index is 12.7.